The second kappa shape index (κ2) is 7.84. The van der Waals surface area contributed by atoms with Gasteiger partial charge in [0.2, 0.25) is 0 Å². The van der Waals surface area contributed by atoms with Gasteiger partial charge in [0.15, 0.2) is 5.76 Å². The van der Waals surface area contributed by atoms with Crippen LogP contribution in [0.2, 0.25) is 0 Å². The van der Waals surface area contributed by atoms with Gasteiger partial charge in [-0.2, -0.15) is 0 Å². The van der Waals surface area contributed by atoms with E-state index in [2.05, 4.69) is 10.9 Å². The molecule has 2 N–H and O–H groups in total. The highest BCUT2D eigenvalue weighted by Gasteiger charge is 2.12. The number of rotatable bonds is 5. The number of hydrazine groups is 1. The number of nitrogens with one attached hydrogen (secondary N) is 2. The first-order valence-corrected chi connectivity index (χ1v) is 7.06. The molecule has 6 heteroatoms. The van der Waals surface area contributed by atoms with Crippen LogP contribution < -0.4 is 15.6 Å². The minimum absolute atomic E-state index is 0.0918. The number of carbonyl (C=O) groups excluding carboxylic acids is 2. The Morgan fingerprint density at radius 2 is 1.83 bits per heavy atom. The lowest BCUT2D eigenvalue weighted by Gasteiger charge is -2.04. The third-order valence-corrected chi connectivity index (χ3v) is 2.73. The fourth-order valence-corrected chi connectivity index (χ4v) is 1.73. The number of hydrogen-bond acceptors (Lipinski definition) is 4. The van der Waals surface area contributed by atoms with E-state index in [9.17, 15) is 9.59 Å². The van der Waals surface area contributed by atoms with Crippen LogP contribution in [0.3, 0.4) is 0 Å². The lowest BCUT2D eigenvalue weighted by Crippen LogP contribution is -2.40. The Bertz CT molecular complexity index is 700. The summed E-state index contributed by atoms with van der Waals surface area (Å²) >= 11 is 0. The fraction of sp³-hybridized carbons (Fsp3) is 0.176. The first-order chi connectivity index (χ1) is 11.0. The largest absolute Gasteiger partial charge is 0.486 e. The summed E-state index contributed by atoms with van der Waals surface area (Å²) in [6, 6.07) is 12.5. The quantitative estimate of drug-likeness (QED) is 0.656. The standard InChI is InChI=1S/C17H18N2O4/c1-12(2)10-16(20)18-19-17(21)15-9-8-14(23-15)11-22-13-6-4-3-5-7-13/h3-10H,11H2,1-2H3,(H,18,20)(H,19,21). The minimum Gasteiger partial charge on any atom is -0.486 e. The first kappa shape index (κ1) is 16.4. The summed E-state index contributed by atoms with van der Waals surface area (Å²) in [5, 5.41) is 0. The van der Waals surface area contributed by atoms with Crippen LogP contribution in [0.15, 0.2) is 58.5 Å². The monoisotopic (exact) mass is 314 g/mol. The normalized spacial score (nSPS) is 9.83. The van der Waals surface area contributed by atoms with Crippen molar-refractivity contribution in [2.24, 2.45) is 0 Å². The Hall–Kier alpha value is -3.02. The fourth-order valence-electron chi connectivity index (χ4n) is 1.73. The van der Waals surface area contributed by atoms with Gasteiger partial charge in [-0.1, -0.05) is 23.8 Å². The lowest BCUT2D eigenvalue weighted by molar-refractivity contribution is -0.117. The van der Waals surface area contributed by atoms with Crippen LogP contribution in [0.25, 0.3) is 0 Å². The molecule has 0 aliphatic carbocycles. The van der Waals surface area contributed by atoms with Crippen molar-refractivity contribution in [2.75, 3.05) is 0 Å². The Balaban J connectivity index is 1.85. The molecule has 1 aromatic heterocycles. The lowest BCUT2D eigenvalue weighted by atomic mass is 10.3. The zero-order chi connectivity index (χ0) is 16.7. The molecule has 2 aromatic rings. The number of para-hydroxylation sites is 1. The predicted molar refractivity (Wildman–Crippen MR) is 84.5 cm³/mol. The summed E-state index contributed by atoms with van der Waals surface area (Å²) in [6.45, 7) is 3.78. The molecule has 6 nitrogen and oxygen atoms in total. The molecule has 1 heterocycles. The van der Waals surface area contributed by atoms with E-state index in [1.807, 2.05) is 30.3 Å². The second-order valence-corrected chi connectivity index (χ2v) is 5.03. The predicted octanol–water partition coefficient (Wildman–Crippen LogP) is 2.59. The average Bonchev–Trinajstić information content (AvgIpc) is 3.00. The van der Waals surface area contributed by atoms with Crippen LogP contribution in [0.5, 0.6) is 5.75 Å². The second-order valence-electron chi connectivity index (χ2n) is 5.03. The number of ether oxygens (including phenoxy) is 1. The molecule has 2 amide bonds. The van der Waals surface area contributed by atoms with Crippen molar-refractivity contribution in [1.29, 1.82) is 0 Å². The number of hydrogen-bond donors (Lipinski definition) is 2. The van der Waals surface area contributed by atoms with Gasteiger partial charge in [0.05, 0.1) is 0 Å². The van der Waals surface area contributed by atoms with Gasteiger partial charge in [-0.05, 0) is 38.1 Å². The smallest absolute Gasteiger partial charge is 0.305 e. The molecular formula is C17H18N2O4. The number of carbonyl (C=O) groups is 2. The highest BCUT2D eigenvalue weighted by atomic mass is 16.5. The van der Waals surface area contributed by atoms with Crippen molar-refractivity contribution < 1.29 is 18.7 Å². The van der Waals surface area contributed by atoms with Gasteiger partial charge >= 0.3 is 5.91 Å². The first-order valence-electron chi connectivity index (χ1n) is 7.06. The van der Waals surface area contributed by atoms with Crippen molar-refractivity contribution in [3.63, 3.8) is 0 Å². The summed E-state index contributed by atoms with van der Waals surface area (Å²) in [6.07, 6.45) is 1.38. The van der Waals surface area contributed by atoms with Crippen molar-refractivity contribution in [3.05, 3.63) is 65.6 Å². The van der Waals surface area contributed by atoms with E-state index in [0.29, 0.717) is 11.5 Å². The maximum Gasteiger partial charge on any atom is 0.305 e. The number of benzene rings is 1. The summed E-state index contributed by atoms with van der Waals surface area (Å²) in [4.78, 5) is 23.2. The van der Waals surface area contributed by atoms with Crippen LogP contribution in [0.1, 0.15) is 30.2 Å². The van der Waals surface area contributed by atoms with Gasteiger partial charge < -0.3 is 9.15 Å². The number of furan rings is 1. The van der Waals surface area contributed by atoms with E-state index in [1.54, 1.807) is 19.9 Å². The maximum absolute atomic E-state index is 11.8. The molecule has 0 bridgehead atoms. The Kier molecular flexibility index (Phi) is 5.57. The van der Waals surface area contributed by atoms with E-state index < -0.39 is 11.8 Å². The van der Waals surface area contributed by atoms with Gasteiger partial charge in [-0.25, -0.2) is 0 Å². The zero-order valence-electron chi connectivity index (χ0n) is 13.0. The Morgan fingerprint density at radius 1 is 1.09 bits per heavy atom. The molecule has 0 unspecified atom stereocenters. The van der Waals surface area contributed by atoms with Gasteiger partial charge in [0, 0.05) is 6.08 Å². The summed E-state index contributed by atoms with van der Waals surface area (Å²) in [5.74, 6) is 0.372. The van der Waals surface area contributed by atoms with Gasteiger partial charge in [0.1, 0.15) is 18.1 Å². The third kappa shape index (κ3) is 5.35. The van der Waals surface area contributed by atoms with Crippen molar-refractivity contribution >= 4 is 11.8 Å². The SMILES string of the molecule is CC(C)=CC(=O)NNC(=O)c1ccc(COc2ccccc2)o1. The summed E-state index contributed by atoms with van der Waals surface area (Å²) < 4.78 is 10.9. The number of allylic oxidation sites excluding steroid dienone is 1. The van der Waals surface area contributed by atoms with Crippen LogP contribution in [-0.4, -0.2) is 11.8 Å². The van der Waals surface area contributed by atoms with E-state index in [1.165, 1.54) is 12.1 Å². The van der Waals surface area contributed by atoms with Crippen LogP contribution in [0, 0.1) is 0 Å². The van der Waals surface area contributed by atoms with Crippen LogP contribution >= 0.6 is 0 Å². The van der Waals surface area contributed by atoms with Crippen molar-refractivity contribution in [2.45, 2.75) is 20.5 Å². The van der Waals surface area contributed by atoms with E-state index in [4.69, 9.17) is 9.15 Å². The molecule has 0 radical (unpaired) electrons. The maximum atomic E-state index is 11.8. The zero-order valence-corrected chi connectivity index (χ0v) is 13.0. The Morgan fingerprint density at radius 3 is 2.52 bits per heavy atom. The van der Waals surface area contributed by atoms with Crippen LogP contribution in [0.4, 0.5) is 0 Å². The summed E-state index contributed by atoms with van der Waals surface area (Å²) in [7, 11) is 0. The van der Waals surface area contributed by atoms with Crippen molar-refractivity contribution in [3.8, 4) is 5.75 Å². The van der Waals surface area contributed by atoms with Gasteiger partial charge in [-0.3, -0.25) is 20.4 Å². The third-order valence-electron chi connectivity index (χ3n) is 2.73. The molecule has 0 saturated carbocycles. The van der Waals surface area contributed by atoms with Gasteiger partial charge in [0.25, 0.3) is 5.91 Å². The van der Waals surface area contributed by atoms with Gasteiger partial charge in [-0.15, -0.1) is 0 Å². The van der Waals surface area contributed by atoms with Crippen molar-refractivity contribution in [1.82, 2.24) is 10.9 Å². The summed E-state index contributed by atoms with van der Waals surface area (Å²) in [5.41, 5.74) is 5.38. The highest BCUT2D eigenvalue weighted by molar-refractivity contribution is 5.95. The van der Waals surface area contributed by atoms with Crippen LogP contribution in [-0.2, 0) is 11.4 Å². The number of amides is 2. The molecule has 0 aliphatic heterocycles. The molecule has 0 saturated heterocycles. The van der Waals surface area contributed by atoms with E-state index in [-0.39, 0.29) is 12.4 Å². The molecule has 0 aliphatic rings. The molecule has 0 spiro atoms. The molecule has 120 valence electrons. The van der Waals surface area contributed by atoms with E-state index in [0.717, 1.165) is 5.57 Å². The molecule has 0 atom stereocenters. The molecule has 0 fully saturated rings. The molecular weight excluding hydrogens is 296 g/mol. The molecule has 2 rings (SSSR count). The topological polar surface area (TPSA) is 80.6 Å². The average molecular weight is 314 g/mol. The highest BCUT2D eigenvalue weighted by Crippen LogP contribution is 2.13. The minimum atomic E-state index is -0.536. The molecule has 1 aromatic carbocycles. The Labute approximate surface area is 134 Å². The van der Waals surface area contributed by atoms with E-state index >= 15 is 0 Å². The molecule has 23 heavy (non-hydrogen) atoms.